The molecule has 1 atom stereocenters. The third-order valence-electron chi connectivity index (χ3n) is 3.73. The molecule has 2 fully saturated rings. The lowest BCUT2D eigenvalue weighted by molar-refractivity contribution is -0.140. The van der Waals surface area contributed by atoms with Crippen molar-refractivity contribution in [1.82, 2.24) is 10.6 Å². The second kappa shape index (κ2) is 3.96. The van der Waals surface area contributed by atoms with E-state index in [1.54, 1.807) is 0 Å². The Hall–Kier alpha value is -1.26. The van der Waals surface area contributed by atoms with Gasteiger partial charge in [0.05, 0.1) is 0 Å². The SMILES string of the molecule is CC(NC(=O)NC1(C(=O)O)CC1)C1CCC1. The van der Waals surface area contributed by atoms with Crippen LogP contribution in [0.3, 0.4) is 0 Å². The molecule has 0 aromatic rings. The van der Waals surface area contributed by atoms with Crippen molar-refractivity contribution in [2.24, 2.45) is 5.92 Å². The maximum Gasteiger partial charge on any atom is 0.329 e. The van der Waals surface area contributed by atoms with Crippen LogP contribution in [0.15, 0.2) is 0 Å². The van der Waals surface area contributed by atoms with Gasteiger partial charge in [0.25, 0.3) is 0 Å². The van der Waals surface area contributed by atoms with Crippen molar-refractivity contribution in [3.8, 4) is 0 Å². The molecule has 0 bridgehead atoms. The van der Waals surface area contributed by atoms with Gasteiger partial charge < -0.3 is 15.7 Å². The summed E-state index contributed by atoms with van der Waals surface area (Å²) >= 11 is 0. The van der Waals surface area contributed by atoms with Gasteiger partial charge in [-0.1, -0.05) is 6.42 Å². The predicted molar refractivity (Wildman–Crippen MR) is 58.1 cm³/mol. The highest BCUT2D eigenvalue weighted by Gasteiger charge is 2.51. The second-order valence-electron chi connectivity index (χ2n) is 4.97. The van der Waals surface area contributed by atoms with Crippen LogP contribution < -0.4 is 10.6 Å². The zero-order chi connectivity index (χ0) is 11.8. The number of carbonyl (C=O) groups excluding carboxylic acids is 1. The maximum absolute atomic E-state index is 11.6. The third-order valence-corrected chi connectivity index (χ3v) is 3.73. The molecule has 0 spiro atoms. The minimum atomic E-state index is -0.983. The molecule has 0 aromatic heterocycles. The molecule has 5 heteroatoms. The van der Waals surface area contributed by atoms with E-state index in [0.29, 0.717) is 18.8 Å². The first kappa shape index (κ1) is 11.2. The Balaban J connectivity index is 1.78. The molecule has 0 heterocycles. The molecule has 2 aliphatic carbocycles. The van der Waals surface area contributed by atoms with Crippen molar-refractivity contribution in [3.63, 3.8) is 0 Å². The summed E-state index contributed by atoms with van der Waals surface area (Å²) in [4.78, 5) is 22.4. The van der Waals surface area contributed by atoms with E-state index in [1.165, 1.54) is 6.42 Å². The number of hydrogen-bond acceptors (Lipinski definition) is 2. The highest BCUT2D eigenvalue weighted by Crippen LogP contribution is 2.35. The molecular weight excluding hydrogens is 208 g/mol. The number of nitrogens with one attached hydrogen (secondary N) is 2. The van der Waals surface area contributed by atoms with Crippen LogP contribution in [-0.2, 0) is 4.79 Å². The van der Waals surface area contributed by atoms with Crippen LogP contribution in [0.1, 0.15) is 39.0 Å². The van der Waals surface area contributed by atoms with Gasteiger partial charge in [-0.25, -0.2) is 9.59 Å². The zero-order valence-corrected chi connectivity index (χ0v) is 9.45. The standard InChI is InChI=1S/C11H18N2O3/c1-7(8-3-2-4-8)12-10(16)13-11(5-6-11)9(14)15/h7-8H,2-6H2,1H3,(H,14,15)(H2,12,13,16). The lowest BCUT2D eigenvalue weighted by Gasteiger charge is -2.32. The number of carboxylic acid groups (broad SMARTS) is 1. The third kappa shape index (κ3) is 2.13. The fourth-order valence-corrected chi connectivity index (χ4v) is 2.04. The van der Waals surface area contributed by atoms with Gasteiger partial charge in [0.15, 0.2) is 0 Å². The van der Waals surface area contributed by atoms with E-state index in [2.05, 4.69) is 10.6 Å². The average Bonchev–Trinajstić information content (AvgIpc) is 2.80. The summed E-state index contributed by atoms with van der Waals surface area (Å²) in [6, 6.07) is -0.211. The van der Waals surface area contributed by atoms with E-state index in [1.807, 2.05) is 6.92 Å². The van der Waals surface area contributed by atoms with E-state index in [0.717, 1.165) is 12.8 Å². The first-order valence-corrected chi connectivity index (χ1v) is 5.85. The van der Waals surface area contributed by atoms with Crippen molar-refractivity contribution in [3.05, 3.63) is 0 Å². The molecule has 3 N–H and O–H groups in total. The van der Waals surface area contributed by atoms with E-state index >= 15 is 0 Å². The van der Waals surface area contributed by atoms with Crippen LogP contribution in [-0.4, -0.2) is 28.7 Å². The average molecular weight is 226 g/mol. The summed E-state index contributed by atoms with van der Waals surface area (Å²) < 4.78 is 0. The van der Waals surface area contributed by atoms with Gasteiger partial charge in [-0.15, -0.1) is 0 Å². The highest BCUT2D eigenvalue weighted by molar-refractivity contribution is 5.88. The van der Waals surface area contributed by atoms with Crippen LogP contribution in [0.5, 0.6) is 0 Å². The Morgan fingerprint density at radius 2 is 2.00 bits per heavy atom. The fraction of sp³-hybridized carbons (Fsp3) is 0.818. The summed E-state index contributed by atoms with van der Waals surface area (Å²) in [5.74, 6) is -0.371. The van der Waals surface area contributed by atoms with E-state index < -0.39 is 11.5 Å². The smallest absolute Gasteiger partial charge is 0.329 e. The Bertz CT molecular complexity index is 308. The monoisotopic (exact) mass is 226 g/mol. The van der Waals surface area contributed by atoms with Crippen LogP contribution in [0.2, 0.25) is 0 Å². The van der Waals surface area contributed by atoms with Crippen LogP contribution in [0.25, 0.3) is 0 Å². The lowest BCUT2D eigenvalue weighted by atomic mass is 9.80. The van der Waals surface area contributed by atoms with Crippen molar-refractivity contribution in [2.75, 3.05) is 0 Å². The Morgan fingerprint density at radius 3 is 2.38 bits per heavy atom. The van der Waals surface area contributed by atoms with Gasteiger partial charge in [0, 0.05) is 6.04 Å². The molecule has 2 rings (SSSR count). The van der Waals surface area contributed by atoms with Gasteiger partial charge in [-0.05, 0) is 38.5 Å². The normalized spacial score (nSPS) is 24.1. The van der Waals surface area contributed by atoms with Gasteiger partial charge in [-0.2, -0.15) is 0 Å². The van der Waals surface area contributed by atoms with Crippen LogP contribution in [0.4, 0.5) is 4.79 Å². The number of carbonyl (C=O) groups is 2. The van der Waals surface area contributed by atoms with Gasteiger partial charge >= 0.3 is 12.0 Å². The molecule has 5 nitrogen and oxygen atoms in total. The molecule has 16 heavy (non-hydrogen) atoms. The molecule has 0 radical (unpaired) electrons. The molecule has 0 aliphatic heterocycles. The Morgan fingerprint density at radius 1 is 1.38 bits per heavy atom. The van der Waals surface area contributed by atoms with Crippen molar-refractivity contribution in [2.45, 2.75) is 50.6 Å². The number of hydrogen-bond donors (Lipinski definition) is 3. The van der Waals surface area contributed by atoms with E-state index in [-0.39, 0.29) is 12.1 Å². The van der Waals surface area contributed by atoms with Crippen molar-refractivity contribution < 1.29 is 14.7 Å². The molecule has 90 valence electrons. The van der Waals surface area contributed by atoms with Crippen molar-refractivity contribution >= 4 is 12.0 Å². The molecule has 2 saturated carbocycles. The fourth-order valence-electron chi connectivity index (χ4n) is 2.04. The lowest BCUT2D eigenvalue weighted by Crippen LogP contribution is -2.52. The number of urea groups is 1. The first-order valence-electron chi connectivity index (χ1n) is 5.85. The van der Waals surface area contributed by atoms with Gasteiger partial charge in [0.1, 0.15) is 5.54 Å². The minimum Gasteiger partial charge on any atom is -0.480 e. The van der Waals surface area contributed by atoms with E-state index in [9.17, 15) is 9.59 Å². The highest BCUT2D eigenvalue weighted by atomic mass is 16.4. The van der Waals surface area contributed by atoms with Crippen molar-refractivity contribution in [1.29, 1.82) is 0 Å². The second-order valence-corrected chi connectivity index (χ2v) is 4.97. The number of rotatable bonds is 4. The summed E-state index contributed by atoms with van der Waals surface area (Å²) in [7, 11) is 0. The topological polar surface area (TPSA) is 78.4 Å². The van der Waals surface area contributed by atoms with E-state index in [4.69, 9.17) is 5.11 Å². The molecule has 0 saturated heterocycles. The van der Waals surface area contributed by atoms with Crippen LogP contribution in [0, 0.1) is 5.92 Å². The summed E-state index contributed by atoms with van der Waals surface area (Å²) in [6.07, 6.45) is 4.62. The molecule has 2 amide bonds. The number of amides is 2. The largest absolute Gasteiger partial charge is 0.480 e. The quantitative estimate of drug-likeness (QED) is 0.671. The predicted octanol–water partition coefficient (Wildman–Crippen LogP) is 1.09. The zero-order valence-electron chi connectivity index (χ0n) is 9.45. The summed E-state index contributed by atoms with van der Waals surface area (Å²) in [5, 5.41) is 14.3. The van der Waals surface area contributed by atoms with Gasteiger partial charge in [0.2, 0.25) is 0 Å². The first-order chi connectivity index (χ1) is 7.53. The summed E-state index contributed by atoms with van der Waals surface area (Å²) in [6.45, 7) is 1.98. The summed E-state index contributed by atoms with van der Waals surface area (Å²) in [5.41, 5.74) is -0.983. The van der Waals surface area contributed by atoms with Crippen LogP contribution >= 0.6 is 0 Å². The number of carboxylic acids is 1. The number of aliphatic carboxylic acids is 1. The molecule has 1 unspecified atom stereocenters. The van der Waals surface area contributed by atoms with Gasteiger partial charge in [-0.3, -0.25) is 0 Å². The minimum absolute atomic E-state index is 0.137. The molecule has 2 aliphatic rings. The maximum atomic E-state index is 11.6. The molecular formula is C11H18N2O3. The Labute approximate surface area is 94.6 Å². The Kier molecular flexibility index (Phi) is 2.78. The molecule has 0 aromatic carbocycles.